The second kappa shape index (κ2) is 6.48. The Kier molecular flexibility index (Phi) is 4.93. The van der Waals surface area contributed by atoms with Crippen molar-refractivity contribution in [2.75, 3.05) is 26.7 Å². The lowest BCUT2D eigenvalue weighted by molar-refractivity contribution is 0.0761. The molecule has 1 amide bonds. The standard InChI is InChI=1S/C14H18BrFN2O/c1-18(9-10-5-7-17-8-6-10)14(19)11-3-2-4-12(16)13(11)15/h2-4,10,17H,5-9H2,1H3. The van der Waals surface area contributed by atoms with Gasteiger partial charge in [0, 0.05) is 13.6 Å². The monoisotopic (exact) mass is 328 g/mol. The molecule has 5 heteroatoms. The molecular formula is C14H18BrFN2O. The summed E-state index contributed by atoms with van der Waals surface area (Å²) in [7, 11) is 1.78. The average Bonchev–Trinajstić information content (AvgIpc) is 2.42. The fourth-order valence-corrected chi connectivity index (χ4v) is 2.84. The molecule has 19 heavy (non-hydrogen) atoms. The molecule has 1 aromatic rings. The summed E-state index contributed by atoms with van der Waals surface area (Å²) in [5, 5.41) is 3.30. The molecular weight excluding hydrogens is 311 g/mol. The molecule has 1 aromatic carbocycles. The lowest BCUT2D eigenvalue weighted by Gasteiger charge is -2.27. The minimum Gasteiger partial charge on any atom is -0.341 e. The van der Waals surface area contributed by atoms with Crippen molar-refractivity contribution in [2.45, 2.75) is 12.8 Å². The lowest BCUT2D eigenvalue weighted by Crippen LogP contribution is -2.37. The first kappa shape index (κ1) is 14.5. The summed E-state index contributed by atoms with van der Waals surface area (Å²) in [4.78, 5) is 14.0. The van der Waals surface area contributed by atoms with Crippen molar-refractivity contribution < 1.29 is 9.18 Å². The number of piperidine rings is 1. The first-order valence-corrected chi connectivity index (χ1v) is 7.29. The van der Waals surface area contributed by atoms with Crippen LogP contribution in [-0.4, -0.2) is 37.5 Å². The number of nitrogens with one attached hydrogen (secondary N) is 1. The average molecular weight is 329 g/mol. The number of benzene rings is 1. The van der Waals surface area contributed by atoms with Crippen LogP contribution < -0.4 is 5.32 Å². The Morgan fingerprint density at radius 2 is 2.16 bits per heavy atom. The Hall–Kier alpha value is -0.940. The van der Waals surface area contributed by atoms with Crippen LogP contribution in [0.15, 0.2) is 22.7 Å². The van der Waals surface area contributed by atoms with Gasteiger partial charge in [-0.15, -0.1) is 0 Å². The van der Waals surface area contributed by atoms with Gasteiger partial charge in [0.2, 0.25) is 0 Å². The van der Waals surface area contributed by atoms with Crippen LogP contribution in [0.1, 0.15) is 23.2 Å². The van der Waals surface area contributed by atoms with Crippen molar-refractivity contribution in [2.24, 2.45) is 5.92 Å². The Morgan fingerprint density at radius 1 is 1.47 bits per heavy atom. The molecule has 0 saturated carbocycles. The number of halogens is 2. The largest absolute Gasteiger partial charge is 0.341 e. The number of rotatable bonds is 3. The number of carbonyl (C=O) groups is 1. The molecule has 0 bridgehead atoms. The van der Waals surface area contributed by atoms with Crippen molar-refractivity contribution in [3.63, 3.8) is 0 Å². The summed E-state index contributed by atoms with van der Waals surface area (Å²) >= 11 is 3.14. The molecule has 0 unspecified atom stereocenters. The fraction of sp³-hybridized carbons (Fsp3) is 0.500. The van der Waals surface area contributed by atoms with Gasteiger partial charge in [0.1, 0.15) is 5.82 Å². The molecule has 1 N–H and O–H groups in total. The van der Waals surface area contributed by atoms with Crippen LogP contribution in [0.5, 0.6) is 0 Å². The quantitative estimate of drug-likeness (QED) is 0.925. The highest BCUT2D eigenvalue weighted by Crippen LogP contribution is 2.22. The number of amides is 1. The third kappa shape index (κ3) is 3.54. The van der Waals surface area contributed by atoms with Crippen LogP contribution in [-0.2, 0) is 0 Å². The Labute approximate surface area is 121 Å². The van der Waals surface area contributed by atoms with E-state index in [2.05, 4.69) is 21.2 Å². The highest BCUT2D eigenvalue weighted by molar-refractivity contribution is 9.10. The number of hydrogen-bond acceptors (Lipinski definition) is 2. The van der Waals surface area contributed by atoms with Gasteiger partial charge in [0.25, 0.3) is 5.91 Å². The zero-order chi connectivity index (χ0) is 13.8. The van der Waals surface area contributed by atoms with Crippen LogP contribution in [0.4, 0.5) is 4.39 Å². The summed E-state index contributed by atoms with van der Waals surface area (Å²) < 4.78 is 13.7. The Morgan fingerprint density at radius 3 is 2.84 bits per heavy atom. The molecule has 0 aromatic heterocycles. The third-order valence-electron chi connectivity index (χ3n) is 3.52. The van der Waals surface area contributed by atoms with Crippen LogP contribution in [0.2, 0.25) is 0 Å². The van der Waals surface area contributed by atoms with Crippen molar-refractivity contribution in [3.05, 3.63) is 34.1 Å². The molecule has 0 aliphatic carbocycles. The SMILES string of the molecule is CN(CC1CCNCC1)C(=O)c1cccc(F)c1Br. The maximum absolute atomic E-state index is 13.4. The van der Waals surface area contributed by atoms with Crippen LogP contribution in [0, 0.1) is 11.7 Å². The van der Waals surface area contributed by atoms with Crippen molar-refractivity contribution in [1.29, 1.82) is 0 Å². The molecule has 3 nitrogen and oxygen atoms in total. The first-order valence-electron chi connectivity index (χ1n) is 6.50. The van der Waals surface area contributed by atoms with E-state index in [4.69, 9.17) is 0 Å². The van der Waals surface area contributed by atoms with Crippen molar-refractivity contribution in [1.82, 2.24) is 10.2 Å². The van der Waals surface area contributed by atoms with E-state index in [0.717, 1.165) is 32.5 Å². The van der Waals surface area contributed by atoms with E-state index in [1.807, 2.05) is 0 Å². The molecule has 1 aliphatic heterocycles. The highest BCUT2D eigenvalue weighted by atomic mass is 79.9. The van der Waals surface area contributed by atoms with Gasteiger partial charge < -0.3 is 10.2 Å². The van der Waals surface area contributed by atoms with Gasteiger partial charge in [-0.25, -0.2) is 4.39 Å². The molecule has 0 spiro atoms. The molecule has 0 radical (unpaired) electrons. The van der Waals surface area contributed by atoms with Crippen LogP contribution in [0.3, 0.4) is 0 Å². The Balaban J connectivity index is 2.03. The fourth-order valence-electron chi connectivity index (χ4n) is 2.41. The topological polar surface area (TPSA) is 32.3 Å². The van der Waals surface area contributed by atoms with Gasteiger partial charge in [-0.05, 0) is 59.9 Å². The lowest BCUT2D eigenvalue weighted by atomic mass is 9.97. The normalized spacial score (nSPS) is 16.4. The summed E-state index contributed by atoms with van der Waals surface area (Å²) in [5.41, 5.74) is 0.386. The second-order valence-corrected chi connectivity index (χ2v) is 5.77. The molecule has 0 atom stereocenters. The molecule has 1 heterocycles. The van der Waals surface area contributed by atoms with E-state index in [9.17, 15) is 9.18 Å². The summed E-state index contributed by atoms with van der Waals surface area (Å²) in [6, 6.07) is 4.55. The minimum atomic E-state index is -0.402. The molecule has 104 valence electrons. The van der Waals surface area contributed by atoms with Gasteiger partial charge in [0.05, 0.1) is 10.0 Å². The molecule has 2 rings (SSSR count). The van der Waals surface area contributed by atoms with Crippen molar-refractivity contribution >= 4 is 21.8 Å². The molecule has 1 aliphatic rings. The first-order chi connectivity index (χ1) is 9.09. The van der Waals surface area contributed by atoms with Crippen LogP contribution in [0.25, 0.3) is 0 Å². The zero-order valence-electron chi connectivity index (χ0n) is 11.0. The van der Waals surface area contributed by atoms with E-state index in [1.54, 1.807) is 24.1 Å². The molecule has 1 fully saturated rings. The van der Waals surface area contributed by atoms with Gasteiger partial charge in [-0.1, -0.05) is 6.07 Å². The van der Waals surface area contributed by atoms with Crippen LogP contribution >= 0.6 is 15.9 Å². The van der Waals surface area contributed by atoms with E-state index in [0.29, 0.717) is 11.5 Å². The number of hydrogen-bond donors (Lipinski definition) is 1. The van der Waals surface area contributed by atoms with Gasteiger partial charge in [-0.2, -0.15) is 0 Å². The summed E-state index contributed by atoms with van der Waals surface area (Å²) in [6.07, 6.45) is 2.17. The number of nitrogens with zero attached hydrogens (tertiary/aromatic N) is 1. The van der Waals surface area contributed by atoms with Gasteiger partial charge >= 0.3 is 0 Å². The maximum atomic E-state index is 13.4. The minimum absolute atomic E-state index is 0.134. The third-order valence-corrected chi connectivity index (χ3v) is 4.33. The molecule has 1 saturated heterocycles. The predicted octanol–water partition coefficient (Wildman–Crippen LogP) is 2.66. The summed E-state index contributed by atoms with van der Waals surface area (Å²) in [6.45, 7) is 2.75. The predicted molar refractivity (Wildman–Crippen MR) is 76.7 cm³/mol. The Bertz CT molecular complexity index is 461. The summed E-state index contributed by atoms with van der Waals surface area (Å²) in [5.74, 6) is -0.00596. The van der Waals surface area contributed by atoms with E-state index < -0.39 is 5.82 Å². The zero-order valence-corrected chi connectivity index (χ0v) is 12.5. The second-order valence-electron chi connectivity index (χ2n) is 4.98. The highest BCUT2D eigenvalue weighted by Gasteiger charge is 2.21. The van der Waals surface area contributed by atoms with E-state index >= 15 is 0 Å². The van der Waals surface area contributed by atoms with Gasteiger partial charge in [0.15, 0.2) is 0 Å². The maximum Gasteiger partial charge on any atom is 0.254 e. The smallest absolute Gasteiger partial charge is 0.254 e. The van der Waals surface area contributed by atoms with E-state index in [1.165, 1.54) is 6.07 Å². The van der Waals surface area contributed by atoms with Gasteiger partial charge in [-0.3, -0.25) is 4.79 Å². The number of carbonyl (C=O) groups excluding carboxylic acids is 1. The van der Waals surface area contributed by atoms with Crippen molar-refractivity contribution in [3.8, 4) is 0 Å². The van der Waals surface area contributed by atoms with E-state index in [-0.39, 0.29) is 10.4 Å².